The molecule has 0 radical (unpaired) electrons. The Morgan fingerprint density at radius 2 is 1.48 bits per heavy atom. The molecule has 6 fully saturated rings. The van der Waals surface area contributed by atoms with Gasteiger partial charge in [-0.25, -0.2) is 0 Å². The van der Waals surface area contributed by atoms with Crippen LogP contribution in [0.25, 0.3) is 0 Å². The Morgan fingerprint density at radius 1 is 0.848 bits per heavy atom. The van der Waals surface area contributed by atoms with Gasteiger partial charge in [-0.15, -0.1) is 11.7 Å². The number of aliphatic hydroxyl groups is 2. The monoisotopic (exact) mass is 698 g/mol. The Morgan fingerprint density at radius 3 is 2.11 bits per heavy atom. The molecule has 8 atom stereocenters. The van der Waals surface area contributed by atoms with Crippen LogP contribution in [0.15, 0.2) is 48.5 Å². The van der Waals surface area contributed by atoms with E-state index in [-0.39, 0.29) is 30.6 Å². The van der Waals surface area contributed by atoms with Crippen LogP contribution >= 0.6 is 44.0 Å². The van der Waals surface area contributed by atoms with Crippen LogP contribution in [0.1, 0.15) is 24.0 Å². The Hall–Kier alpha value is -2.76. The van der Waals surface area contributed by atoms with Gasteiger partial charge in [0.25, 0.3) is 17.7 Å². The number of likely N-dealkylation sites (N-methyl/N-ethyl adjacent to an activating group) is 2. The summed E-state index contributed by atoms with van der Waals surface area (Å²) < 4.78 is 0. The third-order valence-corrected chi connectivity index (χ3v) is 17.2. The maximum absolute atomic E-state index is 14.6. The molecular weight excluding hydrogens is 669 g/mol. The molecule has 1 spiro atoms. The van der Waals surface area contributed by atoms with Crippen LogP contribution in [-0.4, -0.2) is 114 Å². The van der Waals surface area contributed by atoms with Crippen molar-refractivity contribution in [1.29, 1.82) is 0 Å². The first-order valence-corrected chi connectivity index (χ1v) is 18.9. The number of benzene rings is 2. The molecule has 8 heterocycles. The molecule has 10 rings (SSSR count). The summed E-state index contributed by atoms with van der Waals surface area (Å²) in [7, 11) is 6.46. The molecule has 12 nitrogen and oxygen atoms in total. The van der Waals surface area contributed by atoms with Crippen LogP contribution in [-0.2, 0) is 30.0 Å². The number of nitrogens with one attached hydrogen (secondary N) is 2. The smallest absolute Gasteiger partial charge is 0.265 e. The number of carbonyl (C=O) groups is 4. The van der Waals surface area contributed by atoms with Gasteiger partial charge in [-0.05, 0) is 40.5 Å². The zero-order valence-corrected chi connectivity index (χ0v) is 28.0. The summed E-state index contributed by atoms with van der Waals surface area (Å²) in [6.45, 7) is -1.17. The Bertz CT molecular complexity index is 1800. The first-order valence-electron chi connectivity index (χ1n) is 14.9. The fourth-order valence-electron chi connectivity index (χ4n) is 9.67. The van der Waals surface area contributed by atoms with Crippen molar-refractivity contribution in [3.05, 3.63) is 59.7 Å². The predicted molar refractivity (Wildman–Crippen MR) is 177 cm³/mol. The van der Waals surface area contributed by atoms with E-state index in [0.29, 0.717) is 0 Å². The second-order valence-corrected chi connectivity index (χ2v) is 17.2. The molecule has 1 unspecified atom stereocenters. The van der Waals surface area contributed by atoms with Gasteiger partial charge in [0.15, 0.2) is 4.87 Å². The Labute approximate surface area is 281 Å². The molecule has 0 aliphatic carbocycles. The summed E-state index contributed by atoms with van der Waals surface area (Å²) in [5.41, 5.74) is 1.36. The number of carbonyl (C=O) groups excluding carboxylic acids is 4. The molecule has 0 saturated carbocycles. The summed E-state index contributed by atoms with van der Waals surface area (Å²) in [5.74, 6) is -1.37. The Balaban J connectivity index is 1.34. The lowest BCUT2D eigenvalue weighted by Gasteiger charge is -2.57. The van der Waals surface area contributed by atoms with Crippen molar-refractivity contribution in [2.75, 3.05) is 37.9 Å². The third kappa shape index (κ3) is 2.77. The van der Waals surface area contributed by atoms with Gasteiger partial charge in [0.05, 0.1) is 24.0 Å². The number of hydrogen-bond acceptors (Lipinski definition) is 12. The fraction of sp³-hybridized carbons (Fsp3) is 0.467. The van der Waals surface area contributed by atoms with Gasteiger partial charge < -0.3 is 35.5 Å². The van der Waals surface area contributed by atoms with Gasteiger partial charge in [-0.2, -0.15) is 0 Å². The first kappa shape index (κ1) is 29.4. The molecule has 2 bridgehead atoms. The number of fused-ring (bicyclic) bond motifs is 11. The van der Waals surface area contributed by atoms with Gasteiger partial charge in [0.2, 0.25) is 15.6 Å². The lowest BCUT2D eigenvalue weighted by atomic mass is 9.54. The average molecular weight is 699 g/mol. The molecule has 16 heteroatoms. The lowest BCUT2D eigenvalue weighted by molar-refractivity contribution is -0.166. The zero-order chi connectivity index (χ0) is 32.2. The summed E-state index contributed by atoms with van der Waals surface area (Å²) in [4.78, 5) is 59.6. The third-order valence-electron chi connectivity index (χ3n) is 11.8. The van der Waals surface area contributed by atoms with E-state index in [1.807, 2.05) is 48.5 Å². The highest BCUT2D eigenvalue weighted by atomic mass is 33.1. The van der Waals surface area contributed by atoms with Gasteiger partial charge in [0, 0.05) is 31.9 Å². The second kappa shape index (κ2) is 9.02. The number of para-hydroxylation sites is 2. The number of aliphatic hydroxyl groups excluding tert-OH is 2. The molecule has 4 N–H and O–H groups in total. The average Bonchev–Trinajstić information content (AvgIpc) is 3.77. The van der Waals surface area contributed by atoms with Crippen molar-refractivity contribution in [1.82, 2.24) is 19.6 Å². The summed E-state index contributed by atoms with van der Waals surface area (Å²) in [6, 6.07) is 14.7. The van der Waals surface area contributed by atoms with Crippen molar-refractivity contribution < 1.29 is 29.4 Å². The zero-order valence-electron chi connectivity index (χ0n) is 24.7. The number of thiol groups is 1. The van der Waals surface area contributed by atoms with E-state index in [2.05, 4.69) is 22.3 Å². The van der Waals surface area contributed by atoms with Gasteiger partial charge in [0.1, 0.15) is 18.4 Å². The highest BCUT2D eigenvalue weighted by molar-refractivity contribution is 8.78. The van der Waals surface area contributed by atoms with Crippen LogP contribution < -0.4 is 10.6 Å². The van der Waals surface area contributed by atoms with Crippen molar-refractivity contribution >= 4 is 79.0 Å². The number of rotatable bonds is 4. The number of anilines is 2. The minimum atomic E-state index is -1.63. The molecule has 4 amide bonds. The number of piperazine rings is 2. The van der Waals surface area contributed by atoms with Crippen molar-refractivity contribution in [2.45, 2.75) is 56.7 Å². The topological polar surface area (TPSA) is 146 Å². The van der Waals surface area contributed by atoms with Gasteiger partial charge >= 0.3 is 0 Å². The molecule has 2 aromatic carbocycles. The molecule has 0 aromatic heterocycles. The van der Waals surface area contributed by atoms with Crippen molar-refractivity contribution in [2.24, 2.45) is 0 Å². The number of nitrogens with zero attached hydrogens (tertiary/aromatic N) is 4. The van der Waals surface area contributed by atoms with Crippen LogP contribution in [0.2, 0.25) is 0 Å². The maximum atomic E-state index is 14.6. The summed E-state index contributed by atoms with van der Waals surface area (Å²) >= 11 is 4.37. The first-order chi connectivity index (χ1) is 22.1. The quantitative estimate of drug-likeness (QED) is 0.232. The fourth-order valence-corrected chi connectivity index (χ4v) is 14.5. The maximum Gasteiger partial charge on any atom is 0.265 e. The molecule has 46 heavy (non-hydrogen) atoms. The molecule has 8 aliphatic rings. The Kier molecular flexibility index (Phi) is 5.76. The molecule has 8 aliphatic heterocycles. The SMILES string of the molecule is CN1C(=O)C2C[C@]3([C@]45C[C@@]67SS[C@@](CO)(C(=O)N6[C@H]4Nc4ccccc45)N(C)C7=O)c4ccccc4N[C@@H]3N2C(=O)[C@]1(CO)SS. The molecule has 240 valence electrons. The normalized spacial score (nSPS) is 41.2. The lowest BCUT2D eigenvalue weighted by Crippen LogP contribution is -2.77. The van der Waals surface area contributed by atoms with Crippen molar-refractivity contribution in [3.8, 4) is 0 Å². The van der Waals surface area contributed by atoms with Crippen LogP contribution in [0.3, 0.4) is 0 Å². The van der Waals surface area contributed by atoms with E-state index in [1.165, 1.54) is 38.4 Å². The van der Waals surface area contributed by atoms with E-state index in [9.17, 15) is 29.4 Å². The largest absolute Gasteiger partial charge is 0.392 e. The van der Waals surface area contributed by atoms with E-state index >= 15 is 0 Å². The van der Waals surface area contributed by atoms with Crippen LogP contribution in [0, 0.1) is 0 Å². The second-order valence-electron chi connectivity index (χ2n) is 13.1. The minimum Gasteiger partial charge on any atom is -0.392 e. The van der Waals surface area contributed by atoms with E-state index in [4.69, 9.17) is 0 Å². The molecule has 2 aromatic rings. The van der Waals surface area contributed by atoms with Crippen molar-refractivity contribution in [3.63, 3.8) is 0 Å². The predicted octanol–water partition coefficient (Wildman–Crippen LogP) is 1.19. The summed E-state index contributed by atoms with van der Waals surface area (Å²) in [5, 5.41) is 28.4. The van der Waals surface area contributed by atoms with E-state index in [0.717, 1.165) is 33.3 Å². The standard InChI is InChI=1S/C30H30N6O6S4/c1-33-20(39)19-11-26(15-7-3-5-9-17(15)31-21(26)35(19)24(41)29(33,13-37)44-43)27-12-28-23(40)34(2)30(14-38,46-45-28)25(42)36(28)22(27)32-18-10-6-4-8-16(18)27/h3-10,19,21-22,31-32,37-38,43H,11-14H2,1-2H3/t19?,21-,22-,26+,27+,28+,29+,30+/m1/s1. The number of amides is 4. The van der Waals surface area contributed by atoms with Crippen LogP contribution in [0.4, 0.5) is 11.4 Å². The van der Waals surface area contributed by atoms with Gasteiger partial charge in [-0.1, -0.05) is 58.0 Å². The summed E-state index contributed by atoms with van der Waals surface area (Å²) in [6.07, 6.45) is -1.08. The highest BCUT2D eigenvalue weighted by Crippen LogP contribution is 2.75. The highest BCUT2D eigenvalue weighted by Gasteiger charge is 2.84. The van der Waals surface area contributed by atoms with E-state index in [1.54, 1.807) is 16.8 Å². The van der Waals surface area contributed by atoms with E-state index < -0.39 is 62.9 Å². The molecular formula is C30H30N6O6S4. The molecule has 6 saturated heterocycles. The number of hydrogen-bond donors (Lipinski definition) is 5. The van der Waals surface area contributed by atoms with Crippen LogP contribution in [0.5, 0.6) is 0 Å². The van der Waals surface area contributed by atoms with Gasteiger partial charge in [-0.3, -0.25) is 24.1 Å². The minimum absolute atomic E-state index is 0.209.